The van der Waals surface area contributed by atoms with Crippen LogP contribution in [-0.4, -0.2) is 35.0 Å². The Morgan fingerprint density at radius 3 is 2.42 bits per heavy atom. The molecule has 6 nitrogen and oxygen atoms in total. The van der Waals surface area contributed by atoms with Gasteiger partial charge in [-0.05, 0) is 87.1 Å². The summed E-state index contributed by atoms with van der Waals surface area (Å²) in [7, 11) is 1.64. The number of halogens is 1. The van der Waals surface area contributed by atoms with Crippen LogP contribution in [0.3, 0.4) is 0 Å². The quantitative estimate of drug-likeness (QED) is 0.197. The van der Waals surface area contributed by atoms with Crippen LogP contribution in [0.2, 0.25) is 5.02 Å². The number of ether oxygens (including phenoxy) is 2. The number of aryl methyl sites for hydroxylation is 2. The Morgan fingerprint density at radius 2 is 1.74 bits per heavy atom. The number of aromatic nitrogens is 2. The van der Waals surface area contributed by atoms with Gasteiger partial charge in [0.1, 0.15) is 12.4 Å². The van der Waals surface area contributed by atoms with E-state index in [0.717, 1.165) is 28.5 Å². The van der Waals surface area contributed by atoms with E-state index in [1.54, 1.807) is 7.11 Å². The van der Waals surface area contributed by atoms with Gasteiger partial charge in [0.05, 0.1) is 29.4 Å². The Hall–Kier alpha value is -3.39. The van der Waals surface area contributed by atoms with Crippen LogP contribution in [0.25, 0.3) is 5.69 Å². The van der Waals surface area contributed by atoms with Crippen LogP contribution >= 0.6 is 23.8 Å². The van der Waals surface area contributed by atoms with Crippen molar-refractivity contribution in [2.45, 2.75) is 32.9 Å². The van der Waals surface area contributed by atoms with Crippen molar-refractivity contribution in [2.24, 2.45) is 0 Å². The zero-order valence-electron chi connectivity index (χ0n) is 21.9. The molecule has 0 saturated carbocycles. The fourth-order valence-corrected chi connectivity index (χ4v) is 5.69. The summed E-state index contributed by atoms with van der Waals surface area (Å²) in [6.45, 7) is 7.32. The molecule has 38 heavy (non-hydrogen) atoms. The zero-order valence-corrected chi connectivity index (χ0v) is 23.5. The highest BCUT2D eigenvalue weighted by Crippen LogP contribution is 2.45. The van der Waals surface area contributed by atoms with Gasteiger partial charge in [-0.3, -0.25) is 4.98 Å². The monoisotopic (exact) mass is 546 g/mol. The average molecular weight is 547 g/mol. The zero-order chi connectivity index (χ0) is 26.8. The number of rotatable bonds is 8. The molecule has 1 saturated heterocycles. The molecule has 2 aromatic carbocycles. The highest BCUT2D eigenvalue weighted by atomic mass is 35.5. The Labute approximate surface area is 234 Å². The summed E-state index contributed by atoms with van der Waals surface area (Å²) < 4.78 is 13.2. The molecule has 3 heterocycles. The molecule has 1 fully saturated rings. The predicted octanol–water partition coefficient (Wildman–Crippen LogP) is 6.65. The van der Waals surface area contributed by atoms with E-state index < -0.39 is 0 Å². The number of nitrogens with zero attached hydrogens (tertiary/aromatic N) is 3. The molecule has 0 spiro atoms. The van der Waals surface area contributed by atoms with E-state index in [1.165, 1.54) is 11.1 Å². The fourth-order valence-electron chi connectivity index (χ4n) is 5.12. The first-order valence-corrected chi connectivity index (χ1v) is 13.4. The highest BCUT2D eigenvalue weighted by molar-refractivity contribution is 7.80. The van der Waals surface area contributed by atoms with E-state index in [-0.39, 0.29) is 12.1 Å². The normalized spacial score (nSPS) is 17.1. The van der Waals surface area contributed by atoms with E-state index >= 15 is 0 Å². The molecule has 0 aliphatic carbocycles. The van der Waals surface area contributed by atoms with Gasteiger partial charge in [0.25, 0.3) is 0 Å². The van der Waals surface area contributed by atoms with Crippen molar-refractivity contribution in [2.75, 3.05) is 25.2 Å². The molecule has 1 aliphatic rings. The minimum absolute atomic E-state index is 0.140. The van der Waals surface area contributed by atoms with Gasteiger partial charge in [-0.2, -0.15) is 0 Å². The number of benzene rings is 2. The van der Waals surface area contributed by atoms with E-state index in [0.29, 0.717) is 29.1 Å². The summed E-state index contributed by atoms with van der Waals surface area (Å²) in [5.74, 6) is 0.612. The largest absolute Gasteiger partial charge is 0.490 e. The first-order valence-electron chi connectivity index (χ1n) is 12.6. The Bertz CT molecular complexity index is 1440. The summed E-state index contributed by atoms with van der Waals surface area (Å²) in [5.41, 5.74) is 7.64. The molecule has 196 valence electrons. The van der Waals surface area contributed by atoms with Gasteiger partial charge in [0, 0.05) is 36.1 Å². The summed E-state index contributed by atoms with van der Waals surface area (Å²) >= 11 is 12.6. The number of anilines is 1. The second-order valence-electron chi connectivity index (χ2n) is 9.45. The van der Waals surface area contributed by atoms with Crippen molar-refractivity contribution < 1.29 is 9.47 Å². The smallest absolute Gasteiger partial charge is 0.174 e. The molecule has 8 heteroatoms. The van der Waals surface area contributed by atoms with Crippen molar-refractivity contribution in [1.29, 1.82) is 0 Å². The molecular formula is C30H31ClN4O2S. The lowest BCUT2D eigenvalue weighted by molar-refractivity contribution is 0.146. The number of pyridine rings is 1. The maximum atomic E-state index is 6.66. The van der Waals surface area contributed by atoms with Crippen molar-refractivity contribution >= 4 is 34.6 Å². The van der Waals surface area contributed by atoms with E-state index in [2.05, 4.69) is 70.9 Å². The summed E-state index contributed by atoms with van der Waals surface area (Å²) in [6.07, 6.45) is 1.82. The van der Waals surface area contributed by atoms with Gasteiger partial charge in [-0.15, -0.1) is 0 Å². The van der Waals surface area contributed by atoms with Crippen LogP contribution in [-0.2, 0) is 4.74 Å². The topological polar surface area (TPSA) is 51.6 Å². The lowest BCUT2D eigenvalue weighted by Crippen LogP contribution is -2.29. The molecule has 2 unspecified atom stereocenters. The second-order valence-corrected chi connectivity index (χ2v) is 10.2. The lowest BCUT2D eigenvalue weighted by Gasteiger charge is -2.28. The van der Waals surface area contributed by atoms with Crippen LogP contribution < -0.4 is 15.0 Å². The summed E-state index contributed by atoms with van der Waals surface area (Å²) in [4.78, 5) is 6.83. The van der Waals surface area contributed by atoms with Gasteiger partial charge in [-0.25, -0.2) is 0 Å². The molecule has 0 amide bonds. The molecule has 1 aliphatic heterocycles. The third-order valence-corrected chi connectivity index (χ3v) is 7.53. The van der Waals surface area contributed by atoms with E-state index in [1.807, 2.05) is 42.6 Å². The Morgan fingerprint density at radius 1 is 0.974 bits per heavy atom. The highest BCUT2D eigenvalue weighted by Gasteiger charge is 2.42. The average Bonchev–Trinajstić information content (AvgIpc) is 3.41. The second kappa shape index (κ2) is 11.2. The van der Waals surface area contributed by atoms with Gasteiger partial charge < -0.3 is 24.3 Å². The molecule has 1 N–H and O–H groups in total. The summed E-state index contributed by atoms with van der Waals surface area (Å²) in [6, 6.07) is 22.3. The van der Waals surface area contributed by atoms with E-state index in [9.17, 15) is 0 Å². The lowest BCUT2D eigenvalue weighted by atomic mass is 9.96. The molecule has 0 radical (unpaired) electrons. The minimum Gasteiger partial charge on any atom is -0.490 e. The number of methoxy groups -OCH3 is 1. The van der Waals surface area contributed by atoms with Crippen molar-refractivity contribution in [3.63, 3.8) is 0 Å². The maximum Gasteiger partial charge on any atom is 0.174 e. The van der Waals surface area contributed by atoms with Gasteiger partial charge in [0.2, 0.25) is 0 Å². The third-order valence-electron chi connectivity index (χ3n) is 6.92. The van der Waals surface area contributed by atoms with Crippen molar-refractivity contribution in [3.05, 3.63) is 106 Å². The first kappa shape index (κ1) is 26.2. The molecular weight excluding hydrogens is 516 g/mol. The summed E-state index contributed by atoms with van der Waals surface area (Å²) in [5, 5.41) is 4.68. The van der Waals surface area contributed by atoms with Crippen molar-refractivity contribution in [1.82, 2.24) is 14.9 Å². The molecule has 4 aromatic rings. The maximum absolute atomic E-state index is 6.66. The van der Waals surface area contributed by atoms with Gasteiger partial charge in [-0.1, -0.05) is 35.4 Å². The first-order chi connectivity index (χ1) is 18.4. The molecule has 2 aromatic heterocycles. The van der Waals surface area contributed by atoms with Crippen LogP contribution in [0, 0.1) is 20.8 Å². The number of hydrogen-bond acceptors (Lipinski definition) is 4. The predicted molar refractivity (Wildman–Crippen MR) is 157 cm³/mol. The standard InChI is InChI=1S/C30H31ClN4O2S/c1-19-8-10-22(11-9-19)34-20(2)17-24(21(34)3)29-28(26-7-5-6-14-32-26)33-30(38)35(29)23-12-13-27(25(31)18-23)37-16-15-36-4/h5-14,17-18,28-29H,15-16H2,1-4H3,(H,33,38). The molecule has 0 bridgehead atoms. The SMILES string of the molecule is COCCOc1ccc(N2C(=S)NC(c3ccccn3)C2c2cc(C)n(-c3ccc(C)cc3)c2C)cc1Cl. The van der Waals surface area contributed by atoms with Gasteiger partial charge >= 0.3 is 0 Å². The fraction of sp³-hybridized carbons (Fsp3) is 0.267. The van der Waals surface area contributed by atoms with E-state index in [4.69, 9.17) is 33.3 Å². The minimum atomic E-state index is -0.146. The molecule has 5 rings (SSSR count). The number of nitrogens with one attached hydrogen (secondary N) is 1. The molecule has 2 atom stereocenters. The van der Waals surface area contributed by atoms with Crippen LogP contribution in [0.1, 0.15) is 40.3 Å². The van der Waals surface area contributed by atoms with Crippen LogP contribution in [0.4, 0.5) is 5.69 Å². The van der Waals surface area contributed by atoms with Crippen molar-refractivity contribution in [3.8, 4) is 11.4 Å². The Kier molecular flexibility index (Phi) is 7.70. The van der Waals surface area contributed by atoms with Crippen LogP contribution in [0.5, 0.6) is 5.75 Å². The van der Waals surface area contributed by atoms with Gasteiger partial charge in [0.15, 0.2) is 5.11 Å². The number of hydrogen-bond donors (Lipinski definition) is 1. The third kappa shape index (κ3) is 5.01. The number of thiocarbonyl (C=S) groups is 1. The Balaban J connectivity index is 1.60. The van der Waals surface area contributed by atoms with Crippen LogP contribution in [0.15, 0.2) is 72.9 Å².